The molecule has 0 aliphatic carbocycles. The van der Waals surface area contributed by atoms with Crippen molar-refractivity contribution in [3.8, 4) is 0 Å². The summed E-state index contributed by atoms with van der Waals surface area (Å²) in [6, 6.07) is 0. The van der Waals surface area contributed by atoms with Gasteiger partial charge in [0.15, 0.2) is 0 Å². The summed E-state index contributed by atoms with van der Waals surface area (Å²) in [6.07, 6.45) is 6.80. The Morgan fingerprint density at radius 3 is 2.12 bits per heavy atom. The Bertz CT molecular complexity index is 226. The van der Waals surface area contributed by atoms with Crippen LogP contribution in [-0.2, 0) is 9.59 Å². The number of hydrogen-bond donors (Lipinski definition) is 0. The maximum atomic E-state index is 11.6. The summed E-state index contributed by atoms with van der Waals surface area (Å²) in [6.45, 7) is 4.94. The Morgan fingerprint density at radius 2 is 1.53 bits per heavy atom. The molecule has 0 unspecified atom stereocenters. The van der Waals surface area contributed by atoms with E-state index in [4.69, 9.17) is 0 Å². The lowest BCUT2D eigenvalue weighted by Crippen LogP contribution is -2.26. The van der Waals surface area contributed by atoms with Gasteiger partial charge < -0.3 is 4.90 Å². The van der Waals surface area contributed by atoms with Gasteiger partial charge in [0.1, 0.15) is 5.78 Å². The molecule has 0 aromatic heterocycles. The molecular weight excluding hydrogens is 214 g/mol. The lowest BCUT2D eigenvalue weighted by Gasteiger charge is -2.15. The molecule has 0 aliphatic heterocycles. The van der Waals surface area contributed by atoms with Crippen molar-refractivity contribution in [1.29, 1.82) is 0 Å². The monoisotopic (exact) mass is 241 g/mol. The Kier molecular flexibility index (Phi) is 9.78. The van der Waals surface area contributed by atoms with Crippen LogP contribution in [0.5, 0.6) is 0 Å². The number of amides is 1. The largest absolute Gasteiger partial charge is 0.346 e. The molecule has 0 bridgehead atoms. The third-order valence-corrected chi connectivity index (χ3v) is 2.86. The van der Waals surface area contributed by atoms with Crippen molar-refractivity contribution < 1.29 is 9.59 Å². The molecular formula is C14H27NO2. The van der Waals surface area contributed by atoms with Crippen LogP contribution in [0.2, 0.25) is 0 Å². The van der Waals surface area contributed by atoms with E-state index in [1.165, 1.54) is 0 Å². The van der Waals surface area contributed by atoms with Crippen LogP contribution in [0.25, 0.3) is 0 Å². The van der Waals surface area contributed by atoms with Gasteiger partial charge in [0.2, 0.25) is 5.91 Å². The highest BCUT2D eigenvalue weighted by molar-refractivity contribution is 5.78. The Labute approximate surface area is 106 Å². The molecule has 0 heterocycles. The fourth-order valence-electron chi connectivity index (χ4n) is 1.83. The van der Waals surface area contributed by atoms with Crippen LogP contribution in [-0.4, -0.2) is 30.2 Å². The smallest absolute Gasteiger partial charge is 0.222 e. The van der Waals surface area contributed by atoms with E-state index < -0.39 is 0 Å². The fraction of sp³-hybridized carbons (Fsp3) is 0.857. The summed E-state index contributed by atoms with van der Waals surface area (Å²) in [5, 5.41) is 0. The third-order valence-electron chi connectivity index (χ3n) is 2.86. The van der Waals surface area contributed by atoms with Crippen molar-refractivity contribution in [1.82, 2.24) is 4.90 Å². The Morgan fingerprint density at radius 1 is 0.882 bits per heavy atom. The van der Waals surface area contributed by atoms with Gasteiger partial charge in [0.05, 0.1) is 0 Å². The molecule has 0 fully saturated rings. The highest BCUT2D eigenvalue weighted by Crippen LogP contribution is 2.07. The second kappa shape index (κ2) is 10.3. The van der Waals surface area contributed by atoms with E-state index >= 15 is 0 Å². The van der Waals surface area contributed by atoms with E-state index in [0.29, 0.717) is 25.0 Å². The molecule has 0 aliphatic rings. The number of unbranched alkanes of at least 4 members (excludes halogenated alkanes) is 2. The molecule has 0 aromatic carbocycles. The van der Waals surface area contributed by atoms with Gasteiger partial charge in [0, 0.05) is 32.9 Å². The van der Waals surface area contributed by atoms with E-state index in [1.54, 1.807) is 4.90 Å². The first-order valence-corrected chi connectivity index (χ1v) is 6.87. The second-order valence-corrected chi connectivity index (χ2v) is 4.66. The quantitative estimate of drug-likeness (QED) is 0.551. The summed E-state index contributed by atoms with van der Waals surface area (Å²) in [5.74, 6) is 0.591. The normalized spacial score (nSPS) is 10.3. The summed E-state index contributed by atoms with van der Waals surface area (Å²) in [7, 11) is 1.86. The van der Waals surface area contributed by atoms with E-state index in [1.807, 2.05) is 14.0 Å². The molecule has 0 atom stereocenters. The molecule has 0 saturated carbocycles. The number of carbonyl (C=O) groups is 2. The van der Waals surface area contributed by atoms with Gasteiger partial charge in [-0.25, -0.2) is 0 Å². The summed E-state index contributed by atoms with van der Waals surface area (Å²) >= 11 is 0. The van der Waals surface area contributed by atoms with Crippen LogP contribution in [0.1, 0.15) is 65.2 Å². The van der Waals surface area contributed by atoms with Crippen LogP contribution >= 0.6 is 0 Å². The molecule has 0 rings (SSSR count). The highest BCUT2D eigenvalue weighted by Gasteiger charge is 2.07. The highest BCUT2D eigenvalue weighted by atomic mass is 16.2. The van der Waals surface area contributed by atoms with Crippen molar-refractivity contribution in [3.63, 3.8) is 0 Å². The fourth-order valence-corrected chi connectivity index (χ4v) is 1.83. The zero-order chi connectivity index (χ0) is 13.1. The number of rotatable bonds is 10. The van der Waals surface area contributed by atoms with E-state index in [2.05, 4.69) is 6.92 Å². The van der Waals surface area contributed by atoms with Gasteiger partial charge in [-0.2, -0.15) is 0 Å². The summed E-state index contributed by atoms with van der Waals surface area (Å²) in [4.78, 5) is 24.6. The molecule has 3 heteroatoms. The molecule has 1 amide bonds. The van der Waals surface area contributed by atoms with Crippen molar-refractivity contribution >= 4 is 11.7 Å². The third kappa shape index (κ3) is 8.90. The lowest BCUT2D eigenvalue weighted by molar-refractivity contribution is -0.130. The van der Waals surface area contributed by atoms with Crippen LogP contribution < -0.4 is 0 Å². The van der Waals surface area contributed by atoms with Gasteiger partial charge >= 0.3 is 0 Å². The standard InChI is InChI=1S/C14H27NO2/c1-4-9-13(16)10-7-6-8-11-14(17)15(3)12-5-2/h4-12H2,1-3H3. The summed E-state index contributed by atoms with van der Waals surface area (Å²) in [5.41, 5.74) is 0. The van der Waals surface area contributed by atoms with Crippen molar-refractivity contribution in [2.75, 3.05) is 13.6 Å². The minimum Gasteiger partial charge on any atom is -0.346 e. The zero-order valence-electron chi connectivity index (χ0n) is 11.6. The predicted octanol–water partition coefficient (Wildman–Crippen LogP) is 3.17. The SMILES string of the molecule is CCCC(=O)CCCCCC(=O)N(C)CCC. The Hall–Kier alpha value is -0.860. The minimum atomic E-state index is 0.228. The molecule has 0 N–H and O–H groups in total. The molecule has 0 aromatic rings. The molecule has 17 heavy (non-hydrogen) atoms. The van der Waals surface area contributed by atoms with Crippen molar-refractivity contribution in [2.45, 2.75) is 65.2 Å². The topological polar surface area (TPSA) is 37.4 Å². The number of hydrogen-bond acceptors (Lipinski definition) is 2. The maximum absolute atomic E-state index is 11.6. The molecule has 100 valence electrons. The lowest BCUT2D eigenvalue weighted by atomic mass is 10.1. The maximum Gasteiger partial charge on any atom is 0.222 e. The average molecular weight is 241 g/mol. The molecule has 0 saturated heterocycles. The molecule has 3 nitrogen and oxygen atoms in total. The molecule has 0 radical (unpaired) electrons. The van der Waals surface area contributed by atoms with Crippen LogP contribution in [0.4, 0.5) is 0 Å². The van der Waals surface area contributed by atoms with E-state index in [-0.39, 0.29) is 5.91 Å². The van der Waals surface area contributed by atoms with Crippen LogP contribution in [0.15, 0.2) is 0 Å². The van der Waals surface area contributed by atoms with Gasteiger partial charge in [-0.1, -0.05) is 20.3 Å². The number of nitrogens with zero attached hydrogens (tertiary/aromatic N) is 1. The zero-order valence-corrected chi connectivity index (χ0v) is 11.6. The van der Waals surface area contributed by atoms with Crippen molar-refractivity contribution in [3.05, 3.63) is 0 Å². The first-order chi connectivity index (χ1) is 8.11. The minimum absolute atomic E-state index is 0.228. The van der Waals surface area contributed by atoms with Crippen LogP contribution in [0, 0.1) is 0 Å². The van der Waals surface area contributed by atoms with Gasteiger partial charge in [-0.05, 0) is 25.7 Å². The van der Waals surface area contributed by atoms with E-state index in [9.17, 15) is 9.59 Å². The first-order valence-electron chi connectivity index (χ1n) is 6.87. The predicted molar refractivity (Wildman–Crippen MR) is 70.9 cm³/mol. The van der Waals surface area contributed by atoms with Crippen molar-refractivity contribution in [2.24, 2.45) is 0 Å². The van der Waals surface area contributed by atoms with Gasteiger partial charge in [0.25, 0.3) is 0 Å². The van der Waals surface area contributed by atoms with Crippen LogP contribution in [0.3, 0.4) is 0 Å². The number of Topliss-reactive ketones (excluding diaryl/α,β-unsaturated/α-hetero) is 1. The number of carbonyl (C=O) groups excluding carboxylic acids is 2. The van der Waals surface area contributed by atoms with E-state index in [0.717, 1.165) is 38.6 Å². The average Bonchev–Trinajstić information content (AvgIpc) is 2.29. The first kappa shape index (κ1) is 16.1. The van der Waals surface area contributed by atoms with Gasteiger partial charge in [-0.3, -0.25) is 9.59 Å². The number of ketones is 1. The Balaban J connectivity index is 3.45. The van der Waals surface area contributed by atoms with Gasteiger partial charge in [-0.15, -0.1) is 0 Å². The summed E-state index contributed by atoms with van der Waals surface area (Å²) < 4.78 is 0. The molecule has 0 spiro atoms. The second-order valence-electron chi connectivity index (χ2n) is 4.66.